The van der Waals surface area contributed by atoms with Gasteiger partial charge in [0.15, 0.2) is 0 Å². The van der Waals surface area contributed by atoms with Crippen LogP contribution in [0.25, 0.3) is 11.1 Å². The van der Waals surface area contributed by atoms with Gasteiger partial charge in [0.1, 0.15) is 0 Å². The molecule has 0 heterocycles. The smallest absolute Gasteiger partial charge is 0.338 e. The molecule has 0 fully saturated rings. The van der Waals surface area contributed by atoms with Crippen LogP contribution >= 0.6 is 15.9 Å². The van der Waals surface area contributed by atoms with Gasteiger partial charge >= 0.3 is 5.97 Å². The van der Waals surface area contributed by atoms with Gasteiger partial charge in [0, 0.05) is 5.33 Å². The molecule has 3 heteroatoms. The number of halogens is 1. The van der Waals surface area contributed by atoms with E-state index in [1.54, 1.807) is 6.07 Å². The van der Waals surface area contributed by atoms with Gasteiger partial charge in [-0.05, 0) is 22.8 Å². The van der Waals surface area contributed by atoms with Crippen LogP contribution in [0, 0.1) is 0 Å². The van der Waals surface area contributed by atoms with Crippen LogP contribution in [0.2, 0.25) is 0 Å². The van der Waals surface area contributed by atoms with Crippen LogP contribution in [0.4, 0.5) is 0 Å². The second-order valence-electron chi connectivity index (χ2n) is 4.57. The lowest BCUT2D eigenvalue weighted by Gasteiger charge is -2.08. The number of rotatable bonds is 3. The quantitative estimate of drug-likeness (QED) is 0.354. The van der Waals surface area contributed by atoms with Crippen molar-refractivity contribution in [1.82, 2.24) is 0 Å². The Labute approximate surface area is 176 Å². The summed E-state index contributed by atoms with van der Waals surface area (Å²) in [5.74, 6) is -0.310. The van der Waals surface area contributed by atoms with Crippen molar-refractivity contribution in [2.75, 3.05) is 7.11 Å². The number of ether oxygens (including phenoxy) is 1. The molecule has 0 N–H and O–H groups in total. The minimum absolute atomic E-state index is 0.310. The highest BCUT2D eigenvalue weighted by Crippen LogP contribution is 2.25. The Balaban J connectivity index is -0.000000555. The number of carbonyl (C=O) groups is 1. The van der Waals surface area contributed by atoms with Gasteiger partial charge in [-0.3, -0.25) is 0 Å². The largest absolute Gasteiger partial charge is 0.465 e. The molecular formula is C24H39BrO2. The summed E-state index contributed by atoms with van der Waals surface area (Å²) in [4.78, 5) is 11.7. The maximum absolute atomic E-state index is 11.7. The molecular weight excluding hydrogens is 400 g/mol. The molecule has 0 saturated carbocycles. The number of methoxy groups -OCH3 is 1. The summed E-state index contributed by atoms with van der Waals surface area (Å²) in [6.07, 6.45) is 1.25. The summed E-state index contributed by atoms with van der Waals surface area (Å²) in [7, 11) is 1.40. The maximum atomic E-state index is 11.7. The van der Waals surface area contributed by atoms with Crippen molar-refractivity contribution in [2.45, 2.75) is 67.1 Å². The lowest BCUT2D eigenvalue weighted by Crippen LogP contribution is -2.03. The van der Waals surface area contributed by atoms with Gasteiger partial charge < -0.3 is 4.74 Å². The van der Waals surface area contributed by atoms with Crippen molar-refractivity contribution in [2.24, 2.45) is 0 Å². The number of esters is 1. The van der Waals surface area contributed by atoms with Crippen molar-refractivity contribution in [1.29, 1.82) is 0 Å². The highest BCUT2D eigenvalue weighted by Gasteiger charge is 2.11. The Kier molecular flexibility index (Phi) is 25.0. The zero-order chi connectivity index (χ0) is 21.7. The Hall–Kier alpha value is -1.61. The average molecular weight is 439 g/mol. The molecule has 0 aliphatic rings. The van der Waals surface area contributed by atoms with Crippen LogP contribution in [-0.4, -0.2) is 13.1 Å². The molecule has 2 aromatic rings. The van der Waals surface area contributed by atoms with Gasteiger partial charge in [-0.2, -0.15) is 0 Å². The minimum Gasteiger partial charge on any atom is -0.465 e. The zero-order valence-corrected chi connectivity index (χ0v) is 20.3. The Morgan fingerprint density at radius 3 is 1.70 bits per heavy atom. The molecule has 2 rings (SSSR count). The van der Waals surface area contributed by atoms with Gasteiger partial charge in [0.25, 0.3) is 0 Å². The van der Waals surface area contributed by atoms with E-state index in [1.807, 2.05) is 84.0 Å². The van der Waals surface area contributed by atoms with E-state index in [1.165, 1.54) is 19.1 Å². The first-order valence-electron chi connectivity index (χ1n) is 10.0. The summed E-state index contributed by atoms with van der Waals surface area (Å²) < 4.78 is 4.80. The van der Waals surface area contributed by atoms with E-state index in [0.29, 0.717) is 5.56 Å². The summed E-state index contributed by atoms with van der Waals surface area (Å²) in [6, 6.07) is 15.6. The van der Waals surface area contributed by atoms with E-state index in [-0.39, 0.29) is 5.97 Å². The van der Waals surface area contributed by atoms with Crippen LogP contribution in [0.15, 0.2) is 48.5 Å². The van der Waals surface area contributed by atoms with E-state index in [0.717, 1.165) is 16.5 Å². The zero-order valence-electron chi connectivity index (χ0n) is 18.7. The molecule has 0 atom stereocenters. The first-order chi connectivity index (χ1) is 13.2. The molecule has 2 nitrogen and oxygen atoms in total. The van der Waals surface area contributed by atoms with Gasteiger partial charge in [-0.1, -0.05) is 120 Å². The first kappa shape index (κ1) is 30.1. The first-order valence-corrected chi connectivity index (χ1v) is 11.1. The standard InChI is InChI=1S/C15H13BrO2.C3H8.3C2H6/c1-18-15(17)14-5-3-2-4-13(14)12-8-6-11(10-16)7-9-12;1-3-2;3*1-2/h2-9H,10H2,1H3;3H2,1-2H3;3*1-2H3. The Morgan fingerprint density at radius 2 is 1.30 bits per heavy atom. The predicted molar refractivity (Wildman–Crippen MR) is 126 cm³/mol. The van der Waals surface area contributed by atoms with Crippen LogP contribution in [0.5, 0.6) is 0 Å². The van der Waals surface area contributed by atoms with Crippen LogP contribution in [-0.2, 0) is 10.1 Å². The van der Waals surface area contributed by atoms with Crippen molar-refractivity contribution in [3.8, 4) is 11.1 Å². The van der Waals surface area contributed by atoms with E-state index >= 15 is 0 Å². The Bertz CT molecular complexity index is 563. The van der Waals surface area contributed by atoms with Crippen molar-refractivity contribution in [3.63, 3.8) is 0 Å². The molecule has 0 unspecified atom stereocenters. The van der Waals surface area contributed by atoms with Gasteiger partial charge in [-0.15, -0.1) is 0 Å². The third-order valence-corrected chi connectivity index (χ3v) is 3.40. The third-order valence-electron chi connectivity index (χ3n) is 2.75. The summed E-state index contributed by atoms with van der Waals surface area (Å²) in [5, 5.41) is 0.825. The molecule has 0 aromatic heterocycles. The molecule has 0 spiro atoms. The molecule has 0 amide bonds. The van der Waals surface area contributed by atoms with Crippen LogP contribution in [0.1, 0.15) is 77.7 Å². The lowest BCUT2D eigenvalue weighted by molar-refractivity contribution is 0.0601. The van der Waals surface area contributed by atoms with E-state index < -0.39 is 0 Å². The number of carbonyl (C=O) groups excluding carboxylic acids is 1. The molecule has 154 valence electrons. The fourth-order valence-corrected chi connectivity index (χ4v) is 2.17. The summed E-state index contributed by atoms with van der Waals surface area (Å²) >= 11 is 3.41. The number of alkyl halides is 1. The monoisotopic (exact) mass is 438 g/mol. The molecule has 0 aliphatic carbocycles. The molecule has 2 aromatic carbocycles. The predicted octanol–water partition coefficient (Wildman–Crippen LogP) is 8.53. The third kappa shape index (κ3) is 12.4. The number of hydrogen-bond donors (Lipinski definition) is 0. The lowest BCUT2D eigenvalue weighted by atomic mass is 9.99. The Morgan fingerprint density at radius 1 is 0.852 bits per heavy atom. The second kappa shape index (κ2) is 22.4. The molecule has 0 aliphatic heterocycles. The van der Waals surface area contributed by atoms with Crippen molar-refractivity contribution in [3.05, 3.63) is 59.7 Å². The van der Waals surface area contributed by atoms with Crippen molar-refractivity contribution >= 4 is 21.9 Å². The average Bonchev–Trinajstić information content (AvgIpc) is 2.78. The fourth-order valence-electron chi connectivity index (χ4n) is 1.80. The van der Waals surface area contributed by atoms with Crippen LogP contribution < -0.4 is 0 Å². The van der Waals surface area contributed by atoms with Gasteiger partial charge in [0.05, 0.1) is 12.7 Å². The summed E-state index contributed by atoms with van der Waals surface area (Å²) in [6.45, 7) is 16.2. The second-order valence-corrected chi connectivity index (χ2v) is 5.14. The molecule has 0 radical (unpaired) electrons. The molecule has 0 bridgehead atoms. The summed E-state index contributed by atoms with van der Waals surface area (Å²) in [5.41, 5.74) is 3.70. The fraction of sp³-hybridized carbons (Fsp3) is 0.458. The van der Waals surface area contributed by atoms with Crippen LogP contribution in [0.3, 0.4) is 0 Å². The van der Waals surface area contributed by atoms with E-state index in [2.05, 4.69) is 29.8 Å². The molecule has 27 heavy (non-hydrogen) atoms. The highest BCUT2D eigenvalue weighted by molar-refractivity contribution is 9.08. The normalized spacial score (nSPS) is 8.07. The topological polar surface area (TPSA) is 26.3 Å². The SMILES string of the molecule is CC.CC.CC.CCC.COC(=O)c1ccccc1-c1ccc(CBr)cc1. The highest BCUT2D eigenvalue weighted by atomic mass is 79.9. The van der Waals surface area contributed by atoms with E-state index in [4.69, 9.17) is 4.74 Å². The maximum Gasteiger partial charge on any atom is 0.338 e. The van der Waals surface area contributed by atoms with E-state index in [9.17, 15) is 4.79 Å². The van der Waals surface area contributed by atoms with Gasteiger partial charge in [-0.25, -0.2) is 4.79 Å². The number of benzene rings is 2. The van der Waals surface area contributed by atoms with Gasteiger partial charge in [0.2, 0.25) is 0 Å². The minimum atomic E-state index is -0.310. The number of hydrogen-bond acceptors (Lipinski definition) is 2. The van der Waals surface area contributed by atoms with Crippen molar-refractivity contribution < 1.29 is 9.53 Å². The molecule has 0 saturated heterocycles.